The van der Waals surface area contributed by atoms with Gasteiger partial charge < -0.3 is 10.2 Å². The van der Waals surface area contributed by atoms with Gasteiger partial charge in [0.25, 0.3) is 0 Å². The zero-order valence-corrected chi connectivity index (χ0v) is 10.1. The maximum absolute atomic E-state index is 11.7. The van der Waals surface area contributed by atoms with Gasteiger partial charge in [0.05, 0.1) is 6.42 Å². The van der Waals surface area contributed by atoms with Crippen LogP contribution >= 0.6 is 0 Å². The Hall–Kier alpha value is -1.43. The van der Waals surface area contributed by atoms with Crippen LogP contribution in [0.15, 0.2) is 6.33 Å². The first-order valence-corrected chi connectivity index (χ1v) is 5.42. The molecule has 1 rings (SSSR count). The molecule has 16 heavy (non-hydrogen) atoms. The molecule has 1 aromatic heterocycles. The predicted octanol–water partition coefficient (Wildman–Crippen LogP) is -0.574. The maximum atomic E-state index is 11.7. The van der Waals surface area contributed by atoms with E-state index >= 15 is 0 Å². The van der Waals surface area contributed by atoms with Gasteiger partial charge in [0.15, 0.2) is 5.82 Å². The van der Waals surface area contributed by atoms with Crippen molar-refractivity contribution in [2.45, 2.75) is 13.3 Å². The third-order valence-electron chi connectivity index (χ3n) is 2.26. The van der Waals surface area contributed by atoms with E-state index in [1.54, 1.807) is 30.0 Å². The summed E-state index contributed by atoms with van der Waals surface area (Å²) in [6.45, 7) is 4.48. The van der Waals surface area contributed by atoms with Crippen LogP contribution in [0.4, 0.5) is 0 Å². The van der Waals surface area contributed by atoms with Gasteiger partial charge in [0, 0.05) is 27.2 Å². The molecule has 6 heteroatoms. The van der Waals surface area contributed by atoms with Crippen molar-refractivity contribution in [2.24, 2.45) is 7.05 Å². The summed E-state index contributed by atoms with van der Waals surface area (Å²) < 4.78 is 1.60. The smallest absolute Gasteiger partial charge is 0.230 e. The molecule has 6 nitrogen and oxygen atoms in total. The fourth-order valence-corrected chi connectivity index (χ4v) is 1.28. The zero-order valence-electron chi connectivity index (χ0n) is 10.1. The molecule has 0 aliphatic rings. The summed E-state index contributed by atoms with van der Waals surface area (Å²) in [4.78, 5) is 17.4. The van der Waals surface area contributed by atoms with Crippen LogP contribution in [0.25, 0.3) is 0 Å². The van der Waals surface area contributed by atoms with Crippen LogP contribution in [-0.4, -0.2) is 52.3 Å². The molecule has 0 radical (unpaired) electrons. The van der Waals surface area contributed by atoms with E-state index in [0.717, 1.165) is 13.1 Å². The van der Waals surface area contributed by atoms with Crippen LogP contribution in [0.3, 0.4) is 0 Å². The Morgan fingerprint density at radius 3 is 2.94 bits per heavy atom. The number of hydrogen-bond donors (Lipinski definition) is 1. The number of carbonyl (C=O) groups excluding carboxylic acids is 1. The highest BCUT2D eigenvalue weighted by Gasteiger charge is 2.11. The van der Waals surface area contributed by atoms with Gasteiger partial charge in [-0.2, -0.15) is 5.10 Å². The highest BCUT2D eigenvalue weighted by atomic mass is 16.2. The molecule has 0 aromatic carbocycles. The first-order valence-electron chi connectivity index (χ1n) is 5.42. The van der Waals surface area contributed by atoms with Crippen molar-refractivity contribution < 1.29 is 4.79 Å². The monoisotopic (exact) mass is 225 g/mol. The summed E-state index contributed by atoms with van der Waals surface area (Å²) >= 11 is 0. The number of nitrogens with zero attached hydrogens (tertiary/aromatic N) is 4. The van der Waals surface area contributed by atoms with Crippen LogP contribution in [0.5, 0.6) is 0 Å². The van der Waals surface area contributed by atoms with Crippen molar-refractivity contribution in [1.82, 2.24) is 25.0 Å². The number of rotatable bonds is 6. The molecule has 1 N–H and O–H groups in total. The average Bonchev–Trinajstić information content (AvgIpc) is 2.64. The topological polar surface area (TPSA) is 63.1 Å². The Labute approximate surface area is 95.6 Å². The van der Waals surface area contributed by atoms with Gasteiger partial charge in [0.1, 0.15) is 6.33 Å². The summed E-state index contributed by atoms with van der Waals surface area (Å²) in [5.41, 5.74) is 0. The van der Waals surface area contributed by atoms with Gasteiger partial charge in [-0.15, -0.1) is 0 Å². The van der Waals surface area contributed by atoms with Crippen LogP contribution in [0, 0.1) is 0 Å². The van der Waals surface area contributed by atoms with Gasteiger partial charge in [-0.1, -0.05) is 6.92 Å². The molecule has 0 aliphatic carbocycles. The first kappa shape index (κ1) is 12.6. The Morgan fingerprint density at radius 1 is 1.62 bits per heavy atom. The number of carbonyl (C=O) groups is 1. The van der Waals surface area contributed by atoms with E-state index in [0.29, 0.717) is 12.4 Å². The van der Waals surface area contributed by atoms with Crippen LogP contribution in [0.1, 0.15) is 12.7 Å². The van der Waals surface area contributed by atoms with Crippen LogP contribution in [0.2, 0.25) is 0 Å². The number of amides is 1. The van der Waals surface area contributed by atoms with E-state index < -0.39 is 0 Å². The summed E-state index contributed by atoms with van der Waals surface area (Å²) in [5.74, 6) is 0.618. The number of nitrogens with one attached hydrogen (secondary N) is 1. The largest absolute Gasteiger partial charge is 0.344 e. The summed E-state index contributed by atoms with van der Waals surface area (Å²) in [7, 11) is 3.58. The fraction of sp³-hybridized carbons (Fsp3) is 0.700. The lowest BCUT2D eigenvalue weighted by molar-refractivity contribution is -0.129. The van der Waals surface area contributed by atoms with E-state index in [2.05, 4.69) is 15.4 Å². The van der Waals surface area contributed by atoms with Crippen LogP contribution in [-0.2, 0) is 18.3 Å². The molecule has 0 unspecified atom stereocenters. The second-order valence-corrected chi connectivity index (χ2v) is 3.68. The number of aryl methyl sites for hydroxylation is 1. The van der Waals surface area contributed by atoms with Gasteiger partial charge in [-0.05, 0) is 6.54 Å². The van der Waals surface area contributed by atoms with Gasteiger partial charge in [0.2, 0.25) is 5.91 Å². The number of hydrogen-bond acceptors (Lipinski definition) is 4. The van der Waals surface area contributed by atoms with Crippen molar-refractivity contribution in [2.75, 3.05) is 26.7 Å². The van der Waals surface area contributed by atoms with Crippen molar-refractivity contribution in [3.63, 3.8) is 0 Å². The third-order valence-corrected chi connectivity index (χ3v) is 2.26. The lowest BCUT2D eigenvalue weighted by Crippen LogP contribution is -2.34. The van der Waals surface area contributed by atoms with Crippen molar-refractivity contribution in [3.05, 3.63) is 12.2 Å². The van der Waals surface area contributed by atoms with E-state index in [-0.39, 0.29) is 12.3 Å². The average molecular weight is 225 g/mol. The van der Waals surface area contributed by atoms with Crippen molar-refractivity contribution in [1.29, 1.82) is 0 Å². The molecule has 0 atom stereocenters. The second-order valence-electron chi connectivity index (χ2n) is 3.68. The number of likely N-dealkylation sites (N-methyl/N-ethyl adjacent to an activating group) is 2. The predicted molar refractivity (Wildman–Crippen MR) is 60.9 cm³/mol. The normalized spacial score (nSPS) is 10.4. The molecule has 0 saturated carbocycles. The minimum absolute atomic E-state index is 0.0455. The molecule has 1 aromatic rings. The Morgan fingerprint density at radius 2 is 2.38 bits per heavy atom. The summed E-state index contributed by atoms with van der Waals surface area (Å²) in [6, 6.07) is 0. The standard InChI is InChI=1S/C10H19N5O/c1-4-11-5-6-14(2)10(16)7-9-12-8-15(3)13-9/h8,11H,4-7H2,1-3H3. The van der Waals surface area contributed by atoms with Crippen LogP contribution < -0.4 is 5.32 Å². The highest BCUT2D eigenvalue weighted by Crippen LogP contribution is 1.94. The molecule has 0 spiro atoms. The molecular weight excluding hydrogens is 206 g/mol. The Bertz CT molecular complexity index is 336. The minimum Gasteiger partial charge on any atom is -0.344 e. The second kappa shape index (κ2) is 6.22. The quantitative estimate of drug-likeness (QED) is 0.658. The molecule has 0 bridgehead atoms. The minimum atomic E-state index is 0.0455. The van der Waals surface area contributed by atoms with Gasteiger partial charge in [-0.25, -0.2) is 4.98 Å². The molecule has 1 amide bonds. The zero-order chi connectivity index (χ0) is 12.0. The molecule has 0 aliphatic heterocycles. The molecule has 90 valence electrons. The van der Waals surface area contributed by atoms with E-state index in [1.165, 1.54) is 0 Å². The van der Waals surface area contributed by atoms with Gasteiger partial charge >= 0.3 is 0 Å². The van der Waals surface area contributed by atoms with E-state index in [1.807, 2.05) is 6.92 Å². The maximum Gasteiger partial charge on any atom is 0.230 e. The van der Waals surface area contributed by atoms with Crippen molar-refractivity contribution in [3.8, 4) is 0 Å². The fourth-order valence-electron chi connectivity index (χ4n) is 1.28. The number of aromatic nitrogens is 3. The van der Waals surface area contributed by atoms with Crippen molar-refractivity contribution >= 4 is 5.91 Å². The SMILES string of the molecule is CCNCCN(C)C(=O)Cc1ncn(C)n1. The molecule has 1 heterocycles. The lowest BCUT2D eigenvalue weighted by atomic mass is 10.3. The third kappa shape index (κ3) is 3.98. The summed E-state index contributed by atoms with van der Waals surface area (Å²) in [5, 5.41) is 7.24. The molecular formula is C10H19N5O. The van der Waals surface area contributed by atoms with E-state index in [9.17, 15) is 4.79 Å². The molecule has 0 fully saturated rings. The molecule has 0 saturated heterocycles. The van der Waals surface area contributed by atoms with E-state index in [4.69, 9.17) is 0 Å². The highest BCUT2D eigenvalue weighted by molar-refractivity contribution is 5.77. The lowest BCUT2D eigenvalue weighted by Gasteiger charge is -2.16. The van der Waals surface area contributed by atoms with Gasteiger partial charge in [-0.3, -0.25) is 9.48 Å². The Balaban J connectivity index is 2.34. The first-order chi connectivity index (χ1) is 7.63. The Kier molecular flexibility index (Phi) is 4.91. The summed E-state index contributed by atoms with van der Waals surface area (Å²) in [6.07, 6.45) is 1.87.